The van der Waals surface area contributed by atoms with Gasteiger partial charge in [0.1, 0.15) is 5.75 Å². The van der Waals surface area contributed by atoms with Crippen molar-refractivity contribution < 1.29 is 14.3 Å². The summed E-state index contributed by atoms with van der Waals surface area (Å²) in [6, 6.07) is 17.9. The first-order valence-corrected chi connectivity index (χ1v) is 9.68. The highest BCUT2D eigenvalue weighted by Crippen LogP contribution is 2.18. The molecule has 0 aliphatic carbocycles. The van der Waals surface area contributed by atoms with E-state index in [1.54, 1.807) is 0 Å². The minimum Gasteiger partial charge on any atom is -0.494 e. The molecule has 1 aliphatic rings. The van der Waals surface area contributed by atoms with Crippen LogP contribution in [0.1, 0.15) is 24.8 Å². The Kier molecular flexibility index (Phi) is 7.69. The van der Waals surface area contributed by atoms with Crippen LogP contribution in [-0.2, 0) is 16.0 Å². The van der Waals surface area contributed by atoms with Gasteiger partial charge in [-0.15, -0.1) is 0 Å². The number of benzene rings is 2. The summed E-state index contributed by atoms with van der Waals surface area (Å²) in [4.78, 5) is 12.1. The largest absolute Gasteiger partial charge is 0.494 e. The van der Waals surface area contributed by atoms with Crippen molar-refractivity contribution in [2.75, 3.05) is 31.6 Å². The SMILES string of the molecule is O=C(CNCC1CCCO1)Nc1cccc(OCCCc2ccccc2)c1. The van der Waals surface area contributed by atoms with E-state index >= 15 is 0 Å². The van der Waals surface area contributed by atoms with Crippen LogP contribution < -0.4 is 15.4 Å². The van der Waals surface area contributed by atoms with Crippen LogP contribution in [0, 0.1) is 0 Å². The summed E-state index contributed by atoms with van der Waals surface area (Å²) < 4.78 is 11.3. The van der Waals surface area contributed by atoms with E-state index in [-0.39, 0.29) is 18.6 Å². The van der Waals surface area contributed by atoms with Crippen molar-refractivity contribution >= 4 is 11.6 Å². The number of nitrogens with one attached hydrogen (secondary N) is 2. The molecule has 1 atom stereocenters. The second-order valence-electron chi connectivity index (χ2n) is 6.78. The third kappa shape index (κ3) is 7.04. The molecule has 1 heterocycles. The molecule has 2 aromatic rings. The van der Waals surface area contributed by atoms with Gasteiger partial charge in [-0.3, -0.25) is 4.79 Å². The minimum absolute atomic E-state index is 0.0609. The van der Waals surface area contributed by atoms with E-state index in [0.717, 1.165) is 50.3 Å². The molecule has 27 heavy (non-hydrogen) atoms. The lowest BCUT2D eigenvalue weighted by molar-refractivity contribution is -0.115. The molecule has 0 aromatic heterocycles. The Bertz CT molecular complexity index is 700. The molecule has 144 valence electrons. The summed E-state index contributed by atoms with van der Waals surface area (Å²) in [6.45, 7) is 2.48. The van der Waals surface area contributed by atoms with Gasteiger partial charge in [-0.1, -0.05) is 36.4 Å². The first kappa shape index (κ1) is 19.4. The van der Waals surface area contributed by atoms with Crippen molar-refractivity contribution in [1.29, 1.82) is 0 Å². The molecule has 1 unspecified atom stereocenters. The topological polar surface area (TPSA) is 59.6 Å². The lowest BCUT2D eigenvalue weighted by Gasteiger charge is -2.12. The van der Waals surface area contributed by atoms with Gasteiger partial charge in [-0.05, 0) is 43.4 Å². The van der Waals surface area contributed by atoms with E-state index in [0.29, 0.717) is 6.61 Å². The van der Waals surface area contributed by atoms with Gasteiger partial charge in [0.25, 0.3) is 0 Å². The molecule has 3 rings (SSSR count). The number of hydrogen-bond donors (Lipinski definition) is 2. The van der Waals surface area contributed by atoms with Crippen LogP contribution in [0.25, 0.3) is 0 Å². The van der Waals surface area contributed by atoms with Crippen molar-refractivity contribution in [3.63, 3.8) is 0 Å². The number of aryl methyl sites for hydroxylation is 1. The van der Waals surface area contributed by atoms with Gasteiger partial charge in [0.05, 0.1) is 19.3 Å². The minimum atomic E-state index is -0.0609. The predicted molar refractivity (Wildman–Crippen MR) is 107 cm³/mol. The molecule has 0 radical (unpaired) electrons. The summed E-state index contributed by atoms with van der Waals surface area (Å²) in [5.41, 5.74) is 2.07. The van der Waals surface area contributed by atoms with Gasteiger partial charge in [-0.25, -0.2) is 0 Å². The first-order valence-electron chi connectivity index (χ1n) is 9.68. The normalized spacial score (nSPS) is 16.2. The van der Waals surface area contributed by atoms with Gasteiger partial charge >= 0.3 is 0 Å². The van der Waals surface area contributed by atoms with Crippen molar-refractivity contribution in [3.05, 3.63) is 60.2 Å². The number of carbonyl (C=O) groups excluding carboxylic acids is 1. The van der Waals surface area contributed by atoms with Crippen molar-refractivity contribution in [2.24, 2.45) is 0 Å². The second-order valence-corrected chi connectivity index (χ2v) is 6.78. The van der Waals surface area contributed by atoms with Gasteiger partial charge in [0.15, 0.2) is 0 Å². The van der Waals surface area contributed by atoms with E-state index in [1.807, 2.05) is 30.3 Å². The van der Waals surface area contributed by atoms with Gasteiger partial charge in [-0.2, -0.15) is 0 Å². The fourth-order valence-electron chi connectivity index (χ4n) is 3.13. The Morgan fingerprint density at radius 3 is 2.85 bits per heavy atom. The first-order chi connectivity index (χ1) is 13.3. The lowest BCUT2D eigenvalue weighted by atomic mass is 10.1. The van der Waals surface area contributed by atoms with E-state index in [9.17, 15) is 4.79 Å². The molecule has 0 spiro atoms. The smallest absolute Gasteiger partial charge is 0.238 e. The second kappa shape index (κ2) is 10.7. The van der Waals surface area contributed by atoms with E-state index < -0.39 is 0 Å². The van der Waals surface area contributed by atoms with Gasteiger partial charge < -0.3 is 20.1 Å². The highest BCUT2D eigenvalue weighted by Gasteiger charge is 2.15. The zero-order chi connectivity index (χ0) is 18.7. The fraction of sp³-hybridized carbons (Fsp3) is 0.409. The predicted octanol–water partition coefficient (Wildman–Crippen LogP) is 3.41. The zero-order valence-electron chi connectivity index (χ0n) is 15.7. The summed E-state index contributed by atoms with van der Waals surface area (Å²) in [5.74, 6) is 0.711. The number of hydrogen-bond acceptors (Lipinski definition) is 4. The highest BCUT2D eigenvalue weighted by molar-refractivity contribution is 5.92. The molecule has 1 fully saturated rings. The lowest BCUT2D eigenvalue weighted by Crippen LogP contribution is -2.33. The molecule has 0 bridgehead atoms. The van der Waals surface area contributed by atoms with Gasteiger partial charge in [0, 0.05) is 24.9 Å². The quantitative estimate of drug-likeness (QED) is 0.631. The zero-order valence-corrected chi connectivity index (χ0v) is 15.7. The number of carbonyl (C=O) groups is 1. The van der Waals surface area contributed by atoms with Crippen LogP contribution >= 0.6 is 0 Å². The molecule has 5 nitrogen and oxygen atoms in total. The van der Waals surface area contributed by atoms with Crippen molar-refractivity contribution in [2.45, 2.75) is 31.8 Å². The van der Waals surface area contributed by atoms with Crippen LogP contribution in [0.4, 0.5) is 5.69 Å². The molecule has 0 saturated carbocycles. The van der Waals surface area contributed by atoms with Crippen LogP contribution in [0.2, 0.25) is 0 Å². The summed E-state index contributed by atoms with van der Waals surface area (Å²) in [6.07, 6.45) is 4.36. The maximum atomic E-state index is 12.1. The molecule has 1 aliphatic heterocycles. The molecular weight excluding hydrogens is 340 g/mol. The van der Waals surface area contributed by atoms with E-state index in [1.165, 1.54) is 5.56 Å². The number of amides is 1. The average Bonchev–Trinajstić information content (AvgIpc) is 3.20. The third-order valence-electron chi connectivity index (χ3n) is 4.52. The molecule has 5 heteroatoms. The van der Waals surface area contributed by atoms with Crippen molar-refractivity contribution in [3.8, 4) is 5.75 Å². The Balaban J connectivity index is 1.35. The molecule has 2 N–H and O–H groups in total. The third-order valence-corrected chi connectivity index (χ3v) is 4.52. The molecule has 1 saturated heterocycles. The van der Waals surface area contributed by atoms with E-state index in [2.05, 4.69) is 34.9 Å². The van der Waals surface area contributed by atoms with Crippen LogP contribution in [0.15, 0.2) is 54.6 Å². The van der Waals surface area contributed by atoms with Gasteiger partial charge in [0.2, 0.25) is 5.91 Å². The molecular formula is C22H28N2O3. The maximum absolute atomic E-state index is 12.1. The summed E-state index contributed by atoms with van der Waals surface area (Å²) >= 11 is 0. The summed E-state index contributed by atoms with van der Waals surface area (Å²) in [5, 5.41) is 6.05. The van der Waals surface area contributed by atoms with Crippen LogP contribution in [0.5, 0.6) is 5.75 Å². The Labute approximate surface area is 161 Å². The Morgan fingerprint density at radius 1 is 1.15 bits per heavy atom. The summed E-state index contributed by atoms with van der Waals surface area (Å²) in [7, 11) is 0. The highest BCUT2D eigenvalue weighted by atomic mass is 16.5. The number of anilines is 1. The van der Waals surface area contributed by atoms with Crippen molar-refractivity contribution in [1.82, 2.24) is 5.32 Å². The Hall–Kier alpha value is -2.37. The molecule has 1 amide bonds. The standard InChI is InChI=1S/C22H28N2O3/c25-22(17-23-16-21-12-6-14-27-21)24-19-10-4-11-20(15-19)26-13-5-9-18-7-2-1-3-8-18/h1-4,7-8,10-11,15,21,23H,5-6,9,12-14,16-17H2,(H,24,25). The maximum Gasteiger partial charge on any atom is 0.238 e. The van der Waals surface area contributed by atoms with Crippen LogP contribution in [-0.4, -0.2) is 38.3 Å². The Morgan fingerprint density at radius 2 is 2.04 bits per heavy atom. The average molecular weight is 368 g/mol. The number of rotatable bonds is 10. The van der Waals surface area contributed by atoms with Crippen LogP contribution in [0.3, 0.4) is 0 Å². The number of ether oxygens (including phenoxy) is 2. The monoisotopic (exact) mass is 368 g/mol. The van der Waals surface area contributed by atoms with E-state index in [4.69, 9.17) is 9.47 Å². The molecule has 2 aromatic carbocycles. The fourth-order valence-corrected chi connectivity index (χ4v) is 3.13.